The molecule has 2 aliphatic rings. The van der Waals surface area contributed by atoms with Crippen LogP contribution < -0.4 is 16.4 Å². The molecule has 4 atom stereocenters. The minimum atomic E-state index is -1.24. The fourth-order valence-electron chi connectivity index (χ4n) is 3.14. The Kier molecular flexibility index (Phi) is 4.04. The molecule has 19 heavy (non-hydrogen) atoms. The van der Waals surface area contributed by atoms with Crippen LogP contribution in [0.1, 0.15) is 25.7 Å². The van der Waals surface area contributed by atoms with Crippen LogP contribution in [0.25, 0.3) is 0 Å². The molecule has 2 rings (SSSR count). The van der Waals surface area contributed by atoms with E-state index < -0.39 is 17.9 Å². The maximum absolute atomic E-state index is 12.1. The summed E-state index contributed by atoms with van der Waals surface area (Å²) in [5.41, 5.74) is 4.98. The molecule has 1 aliphatic heterocycles. The van der Waals surface area contributed by atoms with Gasteiger partial charge in [-0.3, -0.25) is 9.59 Å². The van der Waals surface area contributed by atoms with Gasteiger partial charge in [-0.05, 0) is 31.2 Å². The highest BCUT2D eigenvalue weighted by Gasteiger charge is 2.43. The molecule has 7 nitrogen and oxygen atoms in total. The summed E-state index contributed by atoms with van der Waals surface area (Å²) < 4.78 is 0. The fraction of sp³-hybridized carbons (Fsp3) is 0.750. The van der Waals surface area contributed by atoms with Gasteiger partial charge in [-0.25, -0.2) is 4.79 Å². The number of carboxylic acid groups (broad SMARTS) is 1. The molecule has 4 unspecified atom stereocenters. The molecule has 2 amide bonds. The van der Waals surface area contributed by atoms with E-state index in [1.807, 2.05) is 0 Å². The fourth-order valence-corrected chi connectivity index (χ4v) is 3.14. The summed E-state index contributed by atoms with van der Waals surface area (Å²) in [6, 6.07) is -1.59. The third-order valence-corrected chi connectivity index (χ3v) is 4.05. The molecule has 0 radical (unpaired) electrons. The van der Waals surface area contributed by atoms with Gasteiger partial charge in [0.1, 0.15) is 6.04 Å². The third-order valence-electron chi connectivity index (χ3n) is 4.05. The van der Waals surface area contributed by atoms with E-state index in [0.29, 0.717) is 5.92 Å². The van der Waals surface area contributed by atoms with Gasteiger partial charge < -0.3 is 21.5 Å². The molecule has 0 aromatic rings. The molecule has 7 heteroatoms. The number of amides is 2. The normalized spacial score (nSPS) is 30.6. The van der Waals surface area contributed by atoms with Crippen LogP contribution in [0.5, 0.6) is 0 Å². The number of carbonyl (C=O) groups excluding carboxylic acids is 2. The van der Waals surface area contributed by atoms with Crippen LogP contribution in [0.2, 0.25) is 0 Å². The largest absolute Gasteiger partial charge is 0.480 e. The molecule has 1 aliphatic carbocycles. The van der Waals surface area contributed by atoms with Gasteiger partial charge in [0.05, 0.1) is 12.5 Å². The predicted octanol–water partition coefficient (Wildman–Crippen LogP) is -1.18. The van der Waals surface area contributed by atoms with Crippen molar-refractivity contribution in [2.75, 3.05) is 6.54 Å². The topological polar surface area (TPSA) is 122 Å². The van der Waals surface area contributed by atoms with Crippen LogP contribution in [-0.4, -0.2) is 41.5 Å². The Morgan fingerprint density at radius 1 is 1.37 bits per heavy atom. The standard InChI is InChI=1S/C12H19N3O4/c13-9(16)4-8(12(18)19)15-11(17)10-7-3-1-2-6(7)5-14-10/h6-8,10,14H,1-5H2,(H2,13,16)(H,15,17)(H,18,19). The molecular formula is C12H19N3O4. The second-order valence-corrected chi connectivity index (χ2v) is 5.31. The van der Waals surface area contributed by atoms with E-state index >= 15 is 0 Å². The second-order valence-electron chi connectivity index (χ2n) is 5.31. The molecule has 1 saturated heterocycles. The van der Waals surface area contributed by atoms with Crippen molar-refractivity contribution < 1.29 is 19.5 Å². The van der Waals surface area contributed by atoms with E-state index in [1.165, 1.54) is 0 Å². The first-order valence-electron chi connectivity index (χ1n) is 6.54. The monoisotopic (exact) mass is 269 g/mol. The lowest BCUT2D eigenvalue weighted by molar-refractivity contribution is -0.143. The van der Waals surface area contributed by atoms with Gasteiger partial charge in [-0.2, -0.15) is 0 Å². The minimum absolute atomic E-state index is 0.281. The van der Waals surface area contributed by atoms with E-state index in [-0.39, 0.29) is 24.3 Å². The van der Waals surface area contributed by atoms with Crippen LogP contribution in [0.15, 0.2) is 0 Å². The van der Waals surface area contributed by atoms with E-state index in [4.69, 9.17) is 10.8 Å². The minimum Gasteiger partial charge on any atom is -0.480 e. The van der Waals surface area contributed by atoms with Gasteiger partial charge in [0, 0.05) is 0 Å². The molecule has 1 heterocycles. The Morgan fingerprint density at radius 2 is 2.11 bits per heavy atom. The zero-order valence-corrected chi connectivity index (χ0v) is 10.6. The molecule has 2 fully saturated rings. The van der Waals surface area contributed by atoms with Gasteiger partial charge in [-0.1, -0.05) is 6.42 Å². The Hall–Kier alpha value is -1.63. The molecule has 0 spiro atoms. The summed E-state index contributed by atoms with van der Waals surface area (Å²) in [7, 11) is 0. The van der Waals surface area contributed by atoms with Gasteiger partial charge in [0.2, 0.25) is 11.8 Å². The van der Waals surface area contributed by atoms with Crippen molar-refractivity contribution >= 4 is 17.8 Å². The molecular weight excluding hydrogens is 250 g/mol. The van der Waals surface area contributed by atoms with E-state index in [9.17, 15) is 14.4 Å². The lowest BCUT2D eigenvalue weighted by Crippen LogP contribution is -2.51. The highest BCUT2D eigenvalue weighted by molar-refractivity contribution is 5.90. The first-order chi connectivity index (χ1) is 8.99. The maximum Gasteiger partial charge on any atom is 0.326 e. The zero-order valence-electron chi connectivity index (χ0n) is 10.6. The lowest BCUT2D eigenvalue weighted by Gasteiger charge is -2.20. The van der Waals surface area contributed by atoms with Crippen molar-refractivity contribution in [2.45, 2.75) is 37.8 Å². The van der Waals surface area contributed by atoms with Gasteiger partial charge in [0.15, 0.2) is 0 Å². The Balaban J connectivity index is 1.95. The molecule has 0 aromatic heterocycles. The summed E-state index contributed by atoms with van der Waals surface area (Å²) in [5, 5.41) is 14.5. The van der Waals surface area contributed by atoms with Gasteiger partial charge in [-0.15, -0.1) is 0 Å². The molecule has 0 aromatic carbocycles. The summed E-state index contributed by atoms with van der Waals surface area (Å²) in [4.78, 5) is 33.9. The van der Waals surface area contributed by atoms with Crippen molar-refractivity contribution in [3.8, 4) is 0 Å². The number of hydrogen-bond acceptors (Lipinski definition) is 4. The quantitative estimate of drug-likeness (QED) is 0.500. The summed E-state index contributed by atoms with van der Waals surface area (Å²) in [5.74, 6) is -1.54. The highest BCUT2D eigenvalue weighted by Crippen LogP contribution is 2.37. The smallest absolute Gasteiger partial charge is 0.326 e. The van der Waals surface area contributed by atoms with Gasteiger partial charge >= 0.3 is 5.97 Å². The van der Waals surface area contributed by atoms with Crippen LogP contribution >= 0.6 is 0 Å². The molecule has 0 bridgehead atoms. The van der Waals surface area contributed by atoms with Crippen molar-refractivity contribution in [2.24, 2.45) is 17.6 Å². The lowest BCUT2D eigenvalue weighted by atomic mass is 9.93. The maximum atomic E-state index is 12.1. The number of nitrogens with two attached hydrogens (primary N) is 1. The number of hydrogen-bond donors (Lipinski definition) is 4. The molecule has 5 N–H and O–H groups in total. The number of carbonyl (C=O) groups is 3. The van der Waals surface area contributed by atoms with Crippen LogP contribution in [0.3, 0.4) is 0 Å². The number of fused-ring (bicyclic) bond motifs is 1. The molecule has 1 saturated carbocycles. The van der Waals surface area contributed by atoms with Gasteiger partial charge in [0.25, 0.3) is 0 Å². The predicted molar refractivity (Wildman–Crippen MR) is 66.0 cm³/mol. The summed E-state index contributed by atoms with van der Waals surface area (Å²) >= 11 is 0. The Bertz CT molecular complexity index is 398. The number of primary amides is 1. The second kappa shape index (κ2) is 5.56. The van der Waals surface area contributed by atoms with Crippen molar-refractivity contribution in [3.63, 3.8) is 0 Å². The number of carboxylic acids is 1. The van der Waals surface area contributed by atoms with Crippen LogP contribution in [-0.2, 0) is 14.4 Å². The van der Waals surface area contributed by atoms with E-state index in [2.05, 4.69) is 10.6 Å². The first-order valence-corrected chi connectivity index (χ1v) is 6.54. The highest BCUT2D eigenvalue weighted by atomic mass is 16.4. The Morgan fingerprint density at radius 3 is 2.74 bits per heavy atom. The first kappa shape index (κ1) is 13.8. The summed E-state index contributed by atoms with van der Waals surface area (Å²) in [6.45, 7) is 0.802. The number of rotatable bonds is 5. The number of nitrogens with one attached hydrogen (secondary N) is 2. The van der Waals surface area contributed by atoms with Crippen molar-refractivity contribution in [3.05, 3.63) is 0 Å². The van der Waals surface area contributed by atoms with Crippen LogP contribution in [0.4, 0.5) is 0 Å². The summed E-state index contributed by atoms with van der Waals surface area (Å²) in [6.07, 6.45) is 2.83. The van der Waals surface area contributed by atoms with Crippen LogP contribution in [0, 0.1) is 11.8 Å². The molecule has 106 valence electrons. The van der Waals surface area contributed by atoms with Crippen molar-refractivity contribution in [1.82, 2.24) is 10.6 Å². The number of aliphatic carboxylic acids is 1. The zero-order chi connectivity index (χ0) is 14.0. The van der Waals surface area contributed by atoms with E-state index in [1.54, 1.807) is 0 Å². The SMILES string of the molecule is NC(=O)CC(NC(=O)C1NCC2CCCC21)C(=O)O. The Labute approximate surface area is 110 Å². The average Bonchev–Trinajstić information content (AvgIpc) is 2.88. The van der Waals surface area contributed by atoms with Crippen molar-refractivity contribution in [1.29, 1.82) is 0 Å². The third kappa shape index (κ3) is 3.04. The van der Waals surface area contributed by atoms with E-state index in [0.717, 1.165) is 25.8 Å². The average molecular weight is 269 g/mol.